The maximum absolute atomic E-state index is 12.4. The lowest BCUT2D eigenvalue weighted by molar-refractivity contribution is 0.0696. The lowest BCUT2D eigenvalue weighted by Crippen LogP contribution is -2.14. The van der Waals surface area contributed by atoms with Gasteiger partial charge < -0.3 is 10.4 Å². The smallest absolute Gasteiger partial charge is 0.335 e. The topological polar surface area (TPSA) is 101 Å². The molecule has 136 valence electrons. The van der Waals surface area contributed by atoms with Crippen molar-refractivity contribution >= 4 is 27.4 Å². The number of anilines is 1. The van der Waals surface area contributed by atoms with Crippen molar-refractivity contribution in [3.8, 4) is 0 Å². The zero-order valence-corrected chi connectivity index (χ0v) is 15.0. The zero-order valence-electron chi connectivity index (χ0n) is 14.2. The van der Waals surface area contributed by atoms with E-state index in [-0.39, 0.29) is 16.1 Å². The molecule has 1 amide bonds. The third kappa shape index (κ3) is 3.94. The van der Waals surface area contributed by atoms with Crippen molar-refractivity contribution in [3.63, 3.8) is 0 Å². The molecule has 2 N–H and O–H groups in total. The summed E-state index contributed by atoms with van der Waals surface area (Å²) in [4.78, 5) is 23.5. The first kappa shape index (κ1) is 18.1. The van der Waals surface area contributed by atoms with Gasteiger partial charge in [-0.2, -0.15) is 0 Å². The first-order valence-electron chi connectivity index (χ1n) is 8.24. The third-order valence-electron chi connectivity index (χ3n) is 4.59. The van der Waals surface area contributed by atoms with E-state index in [9.17, 15) is 18.0 Å². The van der Waals surface area contributed by atoms with Gasteiger partial charge in [-0.1, -0.05) is 18.6 Å². The average molecular weight is 373 g/mol. The Balaban J connectivity index is 1.84. The number of sulfone groups is 1. The van der Waals surface area contributed by atoms with Gasteiger partial charge in [0, 0.05) is 17.5 Å². The molecule has 7 heteroatoms. The largest absolute Gasteiger partial charge is 0.478 e. The summed E-state index contributed by atoms with van der Waals surface area (Å²) in [5.74, 6) is -1.13. The van der Waals surface area contributed by atoms with Crippen molar-refractivity contribution < 1.29 is 23.1 Å². The number of nitrogens with one attached hydrogen (secondary N) is 1. The average Bonchev–Trinajstić information content (AvgIpc) is 2.52. The molecular weight excluding hydrogens is 354 g/mol. The molecule has 2 aromatic rings. The van der Waals surface area contributed by atoms with Gasteiger partial charge in [0.2, 0.25) is 0 Å². The minimum atomic E-state index is -3.61. The predicted octanol–water partition coefficient (Wildman–Crippen LogP) is 3.31. The van der Waals surface area contributed by atoms with Crippen molar-refractivity contribution in [2.24, 2.45) is 0 Å². The molecule has 0 spiro atoms. The molecule has 3 rings (SSSR count). The van der Waals surface area contributed by atoms with Gasteiger partial charge in [0.05, 0.1) is 10.5 Å². The Morgan fingerprint density at radius 1 is 1.04 bits per heavy atom. The number of amides is 1. The molecule has 0 aromatic heterocycles. The summed E-state index contributed by atoms with van der Waals surface area (Å²) in [6.45, 7) is 0. The van der Waals surface area contributed by atoms with Crippen LogP contribution in [0.1, 0.15) is 51.5 Å². The second-order valence-corrected chi connectivity index (χ2v) is 8.54. The molecule has 0 bridgehead atoms. The van der Waals surface area contributed by atoms with Crippen LogP contribution in [0.3, 0.4) is 0 Å². The molecule has 2 aromatic carbocycles. The highest BCUT2D eigenvalue weighted by Gasteiger charge is 2.20. The molecule has 0 unspecified atom stereocenters. The second kappa shape index (κ2) is 6.92. The molecule has 26 heavy (non-hydrogen) atoms. The normalized spacial score (nSPS) is 14.5. The number of rotatable bonds is 5. The van der Waals surface area contributed by atoms with E-state index in [1.165, 1.54) is 37.0 Å². The van der Waals surface area contributed by atoms with E-state index in [2.05, 4.69) is 5.32 Å². The van der Waals surface area contributed by atoms with E-state index >= 15 is 0 Å². The molecule has 0 aliphatic heterocycles. The summed E-state index contributed by atoms with van der Waals surface area (Å²) >= 11 is 0. The second-order valence-electron chi connectivity index (χ2n) is 6.53. The van der Waals surface area contributed by atoms with Crippen LogP contribution in [0.15, 0.2) is 47.4 Å². The van der Waals surface area contributed by atoms with Crippen LogP contribution in [0.2, 0.25) is 0 Å². The molecular formula is C19H19NO5S. The van der Waals surface area contributed by atoms with Gasteiger partial charge >= 0.3 is 5.97 Å². The lowest BCUT2D eigenvalue weighted by Gasteiger charge is -2.25. The Bertz CT molecular complexity index is 960. The zero-order chi connectivity index (χ0) is 18.9. The fourth-order valence-electron chi connectivity index (χ4n) is 2.86. The molecule has 0 heterocycles. The van der Waals surface area contributed by atoms with Crippen molar-refractivity contribution in [1.29, 1.82) is 0 Å². The highest BCUT2D eigenvalue weighted by atomic mass is 32.2. The summed E-state index contributed by atoms with van der Waals surface area (Å²) < 4.78 is 23.5. The fraction of sp³-hybridized carbons (Fsp3) is 0.263. The molecule has 1 aliphatic rings. The van der Waals surface area contributed by atoms with Crippen LogP contribution >= 0.6 is 0 Å². The minimum Gasteiger partial charge on any atom is -0.478 e. The maximum atomic E-state index is 12.4. The molecule has 0 radical (unpaired) electrons. The van der Waals surface area contributed by atoms with Gasteiger partial charge in [-0.05, 0) is 54.7 Å². The van der Waals surface area contributed by atoms with E-state index in [1.807, 2.05) is 12.1 Å². The Hall–Kier alpha value is -2.67. The number of carbonyl (C=O) groups is 2. The number of hydrogen-bond donors (Lipinski definition) is 2. The van der Waals surface area contributed by atoms with E-state index in [1.54, 1.807) is 12.1 Å². The van der Waals surface area contributed by atoms with Gasteiger partial charge in [0.1, 0.15) is 0 Å². The van der Waals surface area contributed by atoms with E-state index < -0.39 is 21.7 Å². The predicted molar refractivity (Wildman–Crippen MR) is 97.5 cm³/mol. The van der Waals surface area contributed by atoms with E-state index in [4.69, 9.17) is 5.11 Å². The lowest BCUT2D eigenvalue weighted by atomic mass is 9.80. The summed E-state index contributed by atoms with van der Waals surface area (Å²) in [6, 6.07) is 10.9. The Morgan fingerprint density at radius 3 is 2.19 bits per heavy atom. The first-order chi connectivity index (χ1) is 12.2. The number of carboxylic acid groups (broad SMARTS) is 1. The van der Waals surface area contributed by atoms with Crippen LogP contribution in [0.4, 0.5) is 5.69 Å². The van der Waals surface area contributed by atoms with Gasteiger partial charge in [-0.3, -0.25) is 4.79 Å². The van der Waals surface area contributed by atoms with Crippen LogP contribution < -0.4 is 5.32 Å². The summed E-state index contributed by atoms with van der Waals surface area (Å²) in [6.07, 6.45) is 4.55. The van der Waals surface area contributed by atoms with Crippen LogP contribution in [0.25, 0.3) is 0 Å². The number of benzene rings is 2. The van der Waals surface area contributed by atoms with Gasteiger partial charge in [0.25, 0.3) is 5.91 Å². The Kier molecular flexibility index (Phi) is 4.82. The third-order valence-corrected chi connectivity index (χ3v) is 5.68. The first-order valence-corrected chi connectivity index (χ1v) is 10.1. The number of hydrogen-bond acceptors (Lipinski definition) is 4. The Morgan fingerprint density at radius 2 is 1.69 bits per heavy atom. The van der Waals surface area contributed by atoms with Crippen molar-refractivity contribution in [2.45, 2.75) is 30.1 Å². The van der Waals surface area contributed by atoms with Gasteiger partial charge in [-0.15, -0.1) is 0 Å². The monoisotopic (exact) mass is 373 g/mol. The van der Waals surface area contributed by atoms with Crippen molar-refractivity contribution in [3.05, 3.63) is 59.2 Å². The number of carbonyl (C=O) groups excluding carboxylic acids is 1. The van der Waals surface area contributed by atoms with Crippen molar-refractivity contribution in [2.75, 3.05) is 11.6 Å². The minimum absolute atomic E-state index is 0.124. The summed E-state index contributed by atoms with van der Waals surface area (Å²) in [5, 5.41) is 11.7. The molecule has 0 atom stereocenters. The standard InChI is InChI=1S/C19H19NO5S/c1-26(24,25)17-10-15(19(22)23)9-16(11-17)20-18(21)14-7-5-13(6-8-14)12-3-2-4-12/h5-12H,2-4H2,1H3,(H,20,21)(H,22,23). The molecule has 1 saturated carbocycles. The maximum Gasteiger partial charge on any atom is 0.335 e. The molecule has 1 aliphatic carbocycles. The van der Waals surface area contributed by atoms with Crippen LogP contribution in [-0.4, -0.2) is 31.7 Å². The number of carboxylic acids is 1. The Labute approximate surface area is 151 Å². The van der Waals surface area contributed by atoms with Crippen LogP contribution in [0.5, 0.6) is 0 Å². The highest BCUT2D eigenvalue weighted by Crippen LogP contribution is 2.36. The molecule has 6 nitrogen and oxygen atoms in total. The molecule has 0 saturated heterocycles. The van der Waals surface area contributed by atoms with E-state index in [0.717, 1.165) is 12.3 Å². The van der Waals surface area contributed by atoms with Gasteiger partial charge in [0.15, 0.2) is 9.84 Å². The SMILES string of the molecule is CS(=O)(=O)c1cc(NC(=O)c2ccc(C3CCC3)cc2)cc(C(=O)O)c1. The van der Waals surface area contributed by atoms with Crippen molar-refractivity contribution in [1.82, 2.24) is 0 Å². The van der Waals surface area contributed by atoms with E-state index in [0.29, 0.717) is 11.5 Å². The highest BCUT2D eigenvalue weighted by molar-refractivity contribution is 7.90. The summed E-state index contributed by atoms with van der Waals surface area (Å²) in [5.41, 5.74) is 1.55. The summed E-state index contributed by atoms with van der Waals surface area (Å²) in [7, 11) is -3.61. The van der Waals surface area contributed by atoms with Crippen LogP contribution in [0, 0.1) is 0 Å². The molecule has 1 fully saturated rings. The van der Waals surface area contributed by atoms with Crippen LogP contribution in [-0.2, 0) is 9.84 Å². The quantitative estimate of drug-likeness (QED) is 0.837. The number of aromatic carboxylic acids is 1. The fourth-order valence-corrected chi connectivity index (χ4v) is 3.54. The van der Waals surface area contributed by atoms with Gasteiger partial charge in [-0.25, -0.2) is 13.2 Å².